The summed E-state index contributed by atoms with van der Waals surface area (Å²) in [6.45, 7) is 12.3. The first kappa shape index (κ1) is 38.0. The molecule has 1 saturated carbocycles. The van der Waals surface area contributed by atoms with E-state index in [2.05, 4.69) is 41.5 Å². The second kappa shape index (κ2) is 15.6. The number of phenols is 2. The second-order valence-corrected chi connectivity index (χ2v) is 15.5. The van der Waals surface area contributed by atoms with Crippen molar-refractivity contribution in [2.75, 3.05) is 14.2 Å². The highest BCUT2D eigenvalue weighted by atomic mass is 16.5. The van der Waals surface area contributed by atoms with Crippen LogP contribution in [0.1, 0.15) is 110 Å². The molecule has 0 aromatic heterocycles. The Labute approximate surface area is 307 Å². The van der Waals surface area contributed by atoms with Crippen LogP contribution in [0.25, 0.3) is 22.3 Å². The highest BCUT2D eigenvalue weighted by Gasteiger charge is 2.26. The van der Waals surface area contributed by atoms with Crippen LogP contribution in [0.4, 0.5) is 0 Å². The molecule has 1 aliphatic rings. The molecule has 4 aromatic carbocycles. The van der Waals surface area contributed by atoms with Gasteiger partial charge >= 0.3 is 11.9 Å². The summed E-state index contributed by atoms with van der Waals surface area (Å²) in [5.74, 6) is -0.477. The van der Waals surface area contributed by atoms with Crippen molar-refractivity contribution in [1.82, 2.24) is 0 Å². The van der Waals surface area contributed by atoms with E-state index in [-0.39, 0.29) is 34.4 Å². The lowest BCUT2D eigenvalue weighted by Gasteiger charge is -2.26. The zero-order chi connectivity index (χ0) is 37.8. The smallest absolute Gasteiger partial charge is 0.337 e. The SMILES string of the molecule is COC(=O)c1cccc(-c2cc(/C=N/[C@@H]3CCCC[C@H]3/N=C/c3cc(-c4cccc(C(=O)OC)c4)cc(C(C)(C)C)c3O)c(O)c(C(C)(C)C)c2)c1. The number of methoxy groups -OCH3 is 2. The monoisotopic (exact) mass is 702 g/mol. The highest BCUT2D eigenvalue weighted by Crippen LogP contribution is 2.39. The third kappa shape index (κ3) is 8.61. The Kier molecular flexibility index (Phi) is 11.4. The maximum atomic E-state index is 12.3. The minimum atomic E-state index is -0.412. The minimum Gasteiger partial charge on any atom is -0.507 e. The lowest BCUT2D eigenvalue weighted by molar-refractivity contribution is 0.0592. The molecule has 8 heteroatoms. The van der Waals surface area contributed by atoms with E-state index in [1.807, 2.05) is 48.5 Å². The summed E-state index contributed by atoms with van der Waals surface area (Å²) in [7, 11) is 2.72. The lowest BCUT2D eigenvalue weighted by atomic mass is 9.83. The van der Waals surface area contributed by atoms with Crippen LogP contribution in [0.2, 0.25) is 0 Å². The third-order valence-corrected chi connectivity index (χ3v) is 9.63. The summed E-state index contributed by atoms with van der Waals surface area (Å²) in [6.07, 6.45) is 7.21. The Hall–Kier alpha value is -5.24. The van der Waals surface area contributed by atoms with Gasteiger partial charge < -0.3 is 19.7 Å². The largest absolute Gasteiger partial charge is 0.507 e. The van der Waals surface area contributed by atoms with Crippen LogP contribution in [-0.4, -0.2) is 60.9 Å². The predicted molar refractivity (Wildman–Crippen MR) is 208 cm³/mol. The minimum absolute atomic E-state index is 0.127. The van der Waals surface area contributed by atoms with Gasteiger partial charge in [-0.3, -0.25) is 9.98 Å². The van der Waals surface area contributed by atoms with E-state index in [4.69, 9.17) is 19.5 Å². The molecule has 0 saturated heterocycles. The average Bonchev–Trinajstić information content (AvgIpc) is 3.12. The normalized spacial score (nSPS) is 16.7. The van der Waals surface area contributed by atoms with E-state index in [9.17, 15) is 19.8 Å². The van der Waals surface area contributed by atoms with Crippen molar-refractivity contribution in [3.63, 3.8) is 0 Å². The Morgan fingerprint density at radius 3 is 1.35 bits per heavy atom. The number of hydrogen-bond donors (Lipinski definition) is 2. The molecule has 0 amide bonds. The summed E-state index contributed by atoms with van der Waals surface area (Å²) >= 11 is 0. The van der Waals surface area contributed by atoms with Crippen LogP contribution in [-0.2, 0) is 20.3 Å². The highest BCUT2D eigenvalue weighted by molar-refractivity contribution is 5.93. The quantitative estimate of drug-likeness (QED) is 0.140. The van der Waals surface area contributed by atoms with E-state index in [1.54, 1.807) is 36.7 Å². The molecule has 0 bridgehead atoms. The van der Waals surface area contributed by atoms with Gasteiger partial charge in [-0.05, 0) is 94.5 Å². The fourth-order valence-electron chi connectivity index (χ4n) is 6.67. The van der Waals surface area contributed by atoms with Crippen molar-refractivity contribution < 1.29 is 29.3 Å². The number of carbonyl (C=O) groups excluding carboxylic acids is 2. The third-order valence-electron chi connectivity index (χ3n) is 9.63. The number of hydrogen-bond acceptors (Lipinski definition) is 8. The van der Waals surface area contributed by atoms with Crippen LogP contribution < -0.4 is 0 Å². The summed E-state index contributed by atoms with van der Waals surface area (Å²) in [5.41, 5.74) is 6.29. The van der Waals surface area contributed by atoms with Crippen LogP contribution in [0, 0.1) is 0 Å². The van der Waals surface area contributed by atoms with Crippen LogP contribution >= 0.6 is 0 Å². The first-order chi connectivity index (χ1) is 24.6. The van der Waals surface area contributed by atoms with E-state index in [1.165, 1.54) is 14.2 Å². The maximum absolute atomic E-state index is 12.3. The number of esters is 2. The molecule has 4 aromatic rings. The number of rotatable bonds is 8. The number of benzene rings is 4. The molecule has 0 heterocycles. The number of phenolic OH excluding ortho intramolecular Hbond substituents is 2. The van der Waals surface area contributed by atoms with Gasteiger partial charge in [0.1, 0.15) is 11.5 Å². The zero-order valence-corrected chi connectivity index (χ0v) is 31.5. The Bertz CT molecular complexity index is 1870. The molecule has 5 rings (SSSR count). The molecule has 52 heavy (non-hydrogen) atoms. The van der Waals surface area contributed by atoms with Crippen molar-refractivity contribution in [2.45, 2.75) is 90.1 Å². The van der Waals surface area contributed by atoms with Gasteiger partial charge in [0.25, 0.3) is 0 Å². The lowest BCUT2D eigenvalue weighted by Crippen LogP contribution is -2.27. The van der Waals surface area contributed by atoms with Crippen LogP contribution in [0.15, 0.2) is 82.8 Å². The van der Waals surface area contributed by atoms with Gasteiger partial charge in [-0.15, -0.1) is 0 Å². The van der Waals surface area contributed by atoms with Crippen molar-refractivity contribution in [3.8, 4) is 33.8 Å². The van der Waals surface area contributed by atoms with Crippen molar-refractivity contribution in [1.29, 1.82) is 0 Å². The van der Waals surface area contributed by atoms with E-state index in [0.717, 1.165) is 59.1 Å². The molecule has 0 radical (unpaired) electrons. The standard InChI is InChI=1S/C44H50N2O6/c1-43(2,3)35-23-31(27-13-11-15-29(19-27)41(49)51-7)21-33(39(35)47)25-45-37-17-9-10-18-38(37)46-26-34-22-32(24-36(40(34)48)44(4,5)6)28-14-12-16-30(20-28)42(50)52-8/h11-16,19-26,37-38,47-48H,9-10,17-18H2,1-8H3/b45-25+,46-26+/t37-,38-/m1/s1. The van der Waals surface area contributed by atoms with Crippen molar-refractivity contribution in [2.24, 2.45) is 9.98 Å². The topological polar surface area (TPSA) is 118 Å². The Balaban J connectivity index is 1.51. The van der Waals surface area contributed by atoms with Gasteiger partial charge in [-0.2, -0.15) is 0 Å². The first-order valence-electron chi connectivity index (χ1n) is 17.8. The molecule has 8 nitrogen and oxygen atoms in total. The molecular weight excluding hydrogens is 652 g/mol. The van der Waals surface area contributed by atoms with Crippen molar-refractivity contribution in [3.05, 3.63) is 106 Å². The van der Waals surface area contributed by atoms with Gasteiger partial charge in [0.15, 0.2) is 0 Å². The van der Waals surface area contributed by atoms with Crippen LogP contribution in [0.5, 0.6) is 11.5 Å². The van der Waals surface area contributed by atoms with Gasteiger partial charge in [-0.1, -0.05) is 78.6 Å². The van der Waals surface area contributed by atoms with Gasteiger partial charge in [0.2, 0.25) is 0 Å². The van der Waals surface area contributed by atoms with E-state index >= 15 is 0 Å². The van der Waals surface area contributed by atoms with Gasteiger partial charge in [0, 0.05) is 34.7 Å². The Morgan fingerprint density at radius 2 is 1.00 bits per heavy atom. The molecule has 0 aliphatic heterocycles. The number of nitrogens with zero attached hydrogens (tertiary/aromatic N) is 2. The first-order valence-corrected chi connectivity index (χ1v) is 17.8. The molecule has 1 fully saturated rings. The fourth-order valence-corrected chi connectivity index (χ4v) is 6.67. The Morgan fingerprint density at radius 1 is 0.615 bits per heavy atom. The average molecular weight is 703 g/mol. The molecule has 2 N–H and O–H groups in total. The van der Waals surface area contributed by atoms with Crippen molar-refractivity contribution >= 4 is 24.4 Å². The molecule has 0 spiro atoms. The maximum Gasteiger partial charge on any atom is 0.337 e. The molecule has 1 aliphatic carbocycles. The van der Waals surface area contributed by atoms with E-state index in [0.29, 0.717) is 22.3 Å². The number of aromatic hydroxyl groups is 2. The second-order valence-electron chi connectivity index (χ2n) is 15.5. The molecule has 2 atom stereocenters. The number of aliphatic imine (C=N–C) groups is 2. The summed E-state index contributed by atoms with van der Waals surface area (Å²) in [6, 6.07) is 22.0. The van der Waals surface area contributed by atoms with Gasteiger partial charge in [-0.25, -0.2) is 9.59 Å². The molecule has 0 unspecified atom stereocenters. The van der Waals surface area contributed by atoms with Gasteiger partial charge in [0.05, 0.1) is 37.4 Å². The zero-order valence-electron chi connectivity index (χ0n) is 31.5. The molecule has 272 valence electrons. The van der Waals surface area contributed by atoms with E-state index < -0.39 is 11.9 Å². The predicted octanol–water partition coefficient (Wildman–Crippen LogP) is 9.45. The summed E-state index contributed by atoms with van der Waals surface area (Å²) < 4.78 is 9.88. The fraction of sp³-hybridized carbons (Fsp3) is 0.364. The summed E-state index contributed by atoms with van der Waals surface area (Å²) in [4.78, 5) is 34.6. The van der Waals surface area contributed by atoms with Crippen LogP contribution in [0.3, 0.4) is 0 Å². The summed E-state index contributed by atoms with van der Waals surface area (Å²) in [5, 5.41) is 23.0. The molecular formula is C44H50N2O6. The number of ether oxygens (including phenoxy) is 2. The number of carbonyl (C=O) groups is 2.